The van der Waals surface area contributed by atoms with E-state index in [1.54, 1.807) is 41.3 Å². The van der Waals surface area contributed by atoms with Crippen molar-refractivity contribution in [1.29, 1.82) is 0 Å². The Morgan fingerprint density at radius 2 is 1.90 bits per heavy atom. The number of hydrogen-bond acceptors (Lipinski definition) is 7. The highest BCUT2D eigenvalue weighted by molar-refractivity contribution is 7.89. The fourth-order valence-electron chi connectivity index (χ4n) is 4.07. The van der Waals surface area contributed by atoms with Crippen molar-refractivity contribution < 1.29 is 23.1 Å². The van der Waals surface area contributed by atoms with Crippen molar-refractivity contribution in [2.75, 3.05) is 6.54 Å². The second-order valence-electron chi connectivity index (χ2n) is 8.68. The quantitative estimate of drug-likeness (QED) is 0.197. The summed E-state index contributed by atoms with van der Waals surface area (Å²) in [7, 11) is -4.10. The molecule has 3 aromatic heterocycles. The van der Waals surface area contributed by atoms with Crippen LogP contribution in [0.5, 0.6) is 0 Å². The van der Waals surface area contributed by atoms with Crippen molar-refractivity contribution in [3.05, 3.63) is 94.8 Å². The first-order chi connectivity index (χ1) is 18.7. The summed E-state index contributed by atoms with van der Waals surface area (Å²) >= 11 is 0. The third kappa shape index (κ3) is 5.56. The van der Waals surface area contributed by atoms with Crippen LogP contribution in [0.25, 0.3) is 16.7 Å². The van der Waals surface area contributed by atoms with Gasteiger partial charge in [0.25, 0.3) is 11.5 Å². The average molecular weight is 550 g/mol. The van der Waals surface area contributed by atoms with Gasteiger partial charge in [-0.05, 0) is 30.3 Å². The molecule has 1 amide bonds. The topological polar surface area (TPSA) is 181 Å². The molecule has 0 aliphatic heterocycles. The number of rotatable bonds is 10. The van der Waals surface area contributed by atoms with Crippen LogP contribution in [-0.2, 0) is 27.8 Å². The molecule has 14 heteroatoms. The van der Waals surface area contributed by atoms with E-state index >= 15 is 0 Å². The number of carbonyl (C=O) groups is 2. The van der Waals surface area contributed by atoms with Crippen molar-refractivity contribution in [3.8, 4) is 0 Å². The molecule has 0 bridgehead atoms. The molecule has 13 nitrogen and oxygen atoms in total. The van der Waals surface area contributed by atoms with Crippen LogP contribution in [0.2, 0.25) is 0 Å². The Balaban J connectivity index is 1.24. The summed E-state index contributed by atoms with van der Waals surface area (Å²) in [6.07, 6.45) is 5.21. The lowest BCUT2D eigenvalue weighted by Crippen LogP contribution is -2.48. The first kappa shape index (κ1) is 25.8. The number of aromatic nitrogens is 5. The summed E-state index contributed by atoms with van der Waals surface area (Å²) in [6, 6.07) is 12.2. The minimum atomic E-state index is -4.10. The number of aliphatic carboxylic acids is 1. The van der Waals surface area contributed by atoms with Gasteiger partial charge in [-0.2, -0.15) is 9.82 Å². The number of carbonyl (C=O) groups excluding carboxylic acids is 1. The third-order valence-corrected chi connectivity index (χ3v) is 7.55. The zero-order valence-electron chi connectivity index (χ0n) is 20.3. The van der Waals surface area contributed by atoms with Crippen molar-refractivity contribution in [3.63, 3.8) is 0 Å². The van der Waals surface area contributed by atoms with Crippen molar-refractivity contribution in [1.82, 2.24) is 34.2 Å². The maximum Gasteiger partial charge on any atom is 0.323 e. The van der Waals surface area contributed by atoms with Crippen LogP contribution >= 0.6 is 0 Å². The van der Waals surface area contributed by atoms with Gasteiger partial charge in [-0.25, -0.2) is 13.4 Å². The van der Waals surface area contributed by atoms with Gasteiger partial charge in [0.2, 0.25) is 15.8 Å². The number of nitrogens with one attached hydrogen (secondary N) is 3. The number of nitrogens with zero attached hydrogens (tertiary/aromatic N) is 4. The van der Waals surface area contributed by atoms with Gasteiger partial charge in [0.05, 0.1) is 16.6 Å². The summed E-state index contributed by atoms with van der Waals surface area (Å²) < 4.78 is 30.3. The lowest BCUT2D eigenvalue weighted by molar-refractivity contribution is -0.138. The van der Waals surface area contributed by atoms with Crippen molar-refractivity contribution in [2.24, 2.45) is 0 Å². The highest BCUT2D eigenvalue weighted by atomic mass is 32.2. The number of sulfonamides is 1. The molecule has 5 aromatic rings. The highest BCUT2D eigenvalue weighted by Crippen LogP contribution is 2.17. The standard InChI is InChI=1S/C25H23N7O6S/c33-22-13-18(29-25-26-9-11-31(22)25)8-10-32-21-7-6-16(12-17(21)14-28-32)23(34)27-15-20(24(35)36)30-39(37,38)19-4-2-1-3-5-19/h1-7,9,11-14,20,30H,8,10,15H2,(H,26,29)(H,27,34)(H,35,36). The van der Waals surface area contributed by atoms with Gasteiger partial charge in [0.1, 0.15) is 6.04 Å². The molecule has 1 atom stereocenters. The van der Waals surface area contributed by atoms with Gasteiger partial charge in [-0.15, -0.1) is 0 Å². The van der Waals surface area contributed by atoms with Gasteiger partial charge < -0.3 is 15.4 Å². The molecule has 39 heavy (non-hydrogen) atoms. The molecule has 0 aliphatic carbocycles. The van der Waals surface area contributed by atoms with Crippen molar-refractivity contribution >= 4 is 38.6 Å². The number of fused-ring (bicyclic) bond motifs is 2. The van der Waals surface area contributed by atoms with Crippen LogP contribution in [0.4, 0.5) is 0 Å². The number of H-pyrrole nitrogens is 1. The zero-order chi connectivity index (χ0) is 27.6. The zero-order valence-corrected chi connectivity index (χ0v) is 21.1. The second-order valence-corrected chi connectivity index (χ2v) is 10.4. The molecular weight excluding hydrogens is 526 g/mol. The van der Waals surface area contributed by atoms with Gasteiger partial charge in [-0.3, -0.25) is 23.5 Å². The summed E-state index contributed by atoms with van der Waals surface area (Å²) in [4.78, 5) is 43.7. The number of carboxylic acids is 1. The normalized spacial score (nSPS) is 12.5. The first-order valence-electron chi connectivity index (χ1n) is 11.8. The van der Waals surface area contributed by atoms with E-state index in [9.17, 15) is 27.9 Å². The fourth-order valence-corrected chi connectivity index (χ4v) is 5.28. The van der Waals surface area contributed by atoms with E-state index in [4.69, 9.17) is 0 Å². The van der Waals surface area contributed by atoms with Crippen LogP contribution in [0, 0.1) is 0 Å². The molecule has 0 fully saturated rings. The molecule has 0 spiro atoms. The van der Waals surface area contributed by atoms with E-state index in [0.717, 1.165) is 5.52 Å². The maximum absolute atomic E-state index is 12.7. The minimum absolute atomic E-state index is 0.0848. The molecular formula is C25H23N7O6S. The monoisotopic (exact) mass is 549 g/mol. The Hall–Kier alpha value is -4.82. The fraction of sp³-hybridized carbons (Fsp3) is 0.160. The first-order valence-corrected chi connectivity index (χ1v) is 13.3. The number of aryl methyl sites for hydroxylation is 2. The maximum atomic E-state index is 12.7. The molecule has 3 heterocycles. The second kappa shape index (κ2) is 10.5. The molecule has 0 saturated carbocycles. The number of amides is 1. The lowest BCUT2D eigenvalue weighted by atomic mass is 10.1. The largest absolute Gasteiger partial charge is 0.480 e. The highest BCUT2D eigenvalue weighted by Gasteiger charge is 2.26. The van der Waals surface area contributed by atoms with Crippen LogP contribution in [-0.4, -0.2) is 62.1 Å². The molecule has 0 radical (unpaired) electrons. The Kier molecular flexibility index (Phi) is 6.96. The molecule has 5 rings (SSSR count). The molecule has 0 saturated heterocycles. The Labute approximate surface area is 221 Å². The summed E-state index contributed by atoms with van der Waals surface area (Å²) in [5.41, 5.74) is 1.53. The van der Waals surface area contributed by atoms with E-state index in [1.807, 2.05) is 0 Å². The van der Waals surface area contributed by atoms with E-state index < -0.39 is 34.5 Å². The van der Waals surface area contributed by atoms with Crippen LogP contribution in [0.1, 0.15) is 16.1 Å². The molecule has 4 N–H and O–H groups in total. The van der Waals surface area contributed by atoms with E-state index in [2.05, 4.69) is 25.1 Å². The van der Waals surface area contributed by atoms with Crippen LogP contribution in [0.3, 0.4) is 0 Å². The number of aromatic amines is 1. The van der Waals surface area contributed by atoms with E-state index in [0.29, 0.717) is 29.8 Å². The minimum Gasteiger partial charge on any atom is -0.480 e. The third-order valence-electron chi connectivity index (χ3n) is 6.06. The number of carboxylic acid groups (broad SMARTS) is 1. The van der Waals surface area contributed by atoms with Gasteiger partial charge in [0, 0.05) is 54.6 Å². The smallest absolute Gasteiger partial charge is 0.323 e. The molecule has 0 aliphatic rings. The SMILES string of the molecule is O=C(NCC(NS(=O)(=O)c1ccccc1)C(=O)O)c1ccc2c(cnn2CCc2cc(=O)n3ccnc3[nH]2)c1. The average Bonchev–Trinajstić information content (AvgIpc) is 3.57. The predicted octanol–water partition coefficient (Wildman–Crippen LogP) is 0.776. The molecule has 1 unspecified atom stereocenters. The van der Waals surface area contributed by atoms with Gasteiger partial charge >= 0.3 is 5.97 Å². The molecule has 200 valence electrons. The lowest BCUT2D eigenvalue weighted by Gasteiger charge is -2.15. The van der Waals surface area contributed by atoms with E-state index in [-0.39, 0.29) is 16.0 Å². The Bertz CT molecular complexity index is 1840. The molecule has 2 aromatic carbocycles. The Morgan fingerprint density at radius 1 is 1.10 bits per heavy atom. The summed E-state index contributed by atoms with van der Waals surface area (Å²) in [5.74, 6) is -1.54. The van der Waals surface area contributed by atoms with Gasteiger partial charge in [0.15, 0.2) is 0 Å². The predicted molar refractivity (Wildman–Crippen MR) is 140 cm³/mol. The van der Waals surface area contributed by atoms with Crippen LogP contribution in [0.15, 0.2) is 82.9 Å². The number of hydrogen-bond donors (Lipinski definition) is 4. The Morgan fingerprint density at radius 3 is 2.67 bits per heavy atom. The number of benzene rings is 2. The summed E-state index contributed by atoms with van der Waals surface area (Å²) in [5, 5.41) is 17.0. The van der Waals surface area contributed by atoms with Gasteiger partial charge in [-0.1, -0.05) is 18.2 Å². The van der Waals surface area contributed by atoms with E-state index in [1.165, 1.54) is 40.9 Å². The summed E-state index contributed by atoms with van der Waals surface area (Å²) in [6.45, 7) is 0.000313. The number of imidazole rings is 1. The van der Waals surface area contributed by atoms with Crippen molar-refractivity contribution in [2.45, 2.75) is 23.9 Å². The van der Waals surface area contributed by atoms with Crippen LogP contribution < -0.4 is 15.6 Å².